The zero-order chi connectivity index (χ0) is 24.9. The van der Waals surface area contributed by atoms with Crippen molar-refractivity contribution in [1.82, 2.24) is 14.9 Å². The molecule has 3 aromatic rings. The first-order valence-corrected chi connectivity index (χ1v) is 11.1. The van der Waals surface area contributed by atoms with Gasteiger partial charge in [-0.1, -0.05) is 18.2 Å². The van der Waals surface area contributed by atoms with Gasteiger partial charge in [0.2, 0.25) is 17.6 Å². The highest BCUT2D eigenvalue weighted by molar-refractivity contribution is 6.13. The lowest BCUT2D eigenvalue weighted by atomic mass is 10.0. The van der Waals surface area contributed by atoms with E-state index in [2.05, 4.69) is 15.3 Å². The van der Waals surface area contributed by atoms with Gasteiger partial charge in [-0.3, -0.25) is 9.59 Å². The van der Waals surface area contributed by atoms with Gasteiger partial charge in [0.1, 0.15) is 23.2 Å². The predicted molar refractivity (Wildman–Crippen MR) is 126 cm³/mol. The van der Waals surface area contributed by atoms with Gasteiger partial charge in [0.05, 0.1) is 24.7 Å². The van der Waals surface area contributed by atoms with Crippen molar-refractivity contribution in [3.05, 3.63) is 77.0 Å². The number of hydrogen-bond acceptors (Lipinski definition) is 7. The molecule has 1 aromatic heterocycles. The van der Waals surface area contributed by atoms with E-state index >= 15 is 0 Å². The Balaban J connectivity index is 1.34. The Morgan fingerprint density at radius 3 is 2.57 bits per heavy atom. The standard InChI is InChI=1S/C25H25F2N5O3/c1-35-21-5-3-2-4-18(21)23(34)19-14-29-25(31-24(19)28)30-17-8-10-32(11-9-17)22(33)12-15-6-7-16(26)13-20(15)27/h2-7,13-14,17H,8-12H2,1H3,(H3,28,29,30,31). The highest BCUT2D eigenvalue weighted by Gasteiger charge is 2.25. The van der Waals surface area contributed by atoms with Gasteiger partial charge in [-0.15, -0.1) is 0 Å². The first kappa shape index (κ1) is 24.1. The van der Waals surface area contributed by atoms with Crippen molar-refractivity contribution in [1.29, 1.82) is 0 Å². The molecule has 1 amide bonds. The largest absolute Gasteiger partial charge is 0.496 e. The maximum Gasteiger partial charge on any atom is 0.227 e. The molecule has 182 valence electrons. The lowest BCUT2D eigenvalue weighted by Gasteiger charge is -2.32. The normalized spacial score (nSPS) is 14.0. The molecule has 1 fully saturated rings. The second-order valence-corrected chi connectivity index (χ2v) is 8.23. The summed E-state index contributed by atoms with van der Waals surface area (Å²) in [6, 6.07) is 10.0. The number of nitrogens with one attached hydrogen (secondary N) is 1. The highest BCUT2D eigenvalue weighted by Crippen LogP contribution is 2.24. The van der Waals surface area contributed by atoms with Crippen LogP contribution in [0.3, 0.4) is 0 Å². The quantitative estimate of drug-likeness (QED) is 0.499. The number of ether oxygens (including phenoxy) is 1. The molecule has 0 spiro atoms. The number of nitrogens with two attached hydrogens (primary N) is 1. The fourth-order valence-corrected chi connectivity index (χ4v) is 4.01. The fourth-order valence-electron chi connectivity index (χ4n) is 4.01. The van der Waals surface area contributed by atoms with Gasteiger partial charge in [-0.2, -0.15) is 4.98 Å². The number of piperidine rings is 1. The van der Waals surface area contributed by atoms with Gasteiger partial charge in [-0.25, -0.2) is 13.8 Å². The van der Waals surface area contributed by atoms with Crippen LogP contribution in [-0.2, 0) is 11.2 Å². The van der Waals surface area contributed by atoms with E-state index in [1.165, 1.54) is 19.4 Å². The van der Waals surface area contributed by atoms with Crippen molar-refractivity contribution in [2.24, 2.45) is 0 Å². The van der Waals surface area contributed by atoms with Crippen LogP contribution >= 0.6 is 0 Å². The van der Waals surface area contributed by atoms with Gasteiger partial charge in [0.25, 0.3) is 0 Å². The summed E-state index contributed by atoms with van der Waals surface area (Å²) in [7, 11) is 1.49. The number of ketones is 1. The van der Waals surface area contributed by atoms with Crippen molar-refractivity contribution in [2.75, 3.05) is 31.2 Å². The molecule has 0 aliphatic carbocycles. The first-order chi connectivity index (χ1) is 16.9. The zero-order valence-corrected chi connectivity index (χ0v) is 19.1. The summed E-state index contributed by atoms with van der Waals surface area (Å²) < 4.78 is 32.2. The molecule has 1 aliphatic rings. The number of benzene rings is 2. The number of rotatable bonds is 7. The molecule has 4 rings (SSSR count). The van der Waals surface area contributed by atoms with Crippen LogP contribution in [0.1, 0.15) is 34.3 Å². The number of likely N-dealkylation sites (tertiary alicyclic amines) is 1. The van der Waals surface area contributed by atoms with Crippen LogP contribution in [0.15, 0.2) is 48.7 Å². The summed E-state index contributed by atoms with van der Waals surface area (Å²) in [5.41, 5.74) is 6.76. The van der Waals surface area contributed by atoms with Crippen molar-refractivity contribution < 1.29 is 23.1 Å². The van der Waals surface area contributed by atoms with E-state index in [4.69, 9.17) is 10.5 Å². The Morgan fingerprint density at radius 1 is 1.14 bits per heavy atom. The lowest BCUT2D eigenvalue weighted by molar-refractivity contribution is -0.131. The van der Waals surface area contributed by atoms with E-state index in [-0.39, 0.29) is 47.0 Å². The molecule has 0 bridgehead atoms. The SMILES string of the molecule is COc1ccccc1C(=O)c1cnc(NC2CCN(C(=O)Cc3ccc(F)cc3F)CC2)nc1N. The van der Waals surface area contributed by atoms with Gasteiger partial charge >= 0.3 is 0 Å². The Bertz CT molecular complexity index is 1250. The average molecular weight is 482 g/mol. The highest BCUT2D eigenvalue weighted by atomic mass is 19.1. The van der Waals surface area contributed by atoms with E-state index in [1.54, 1.807) is 29.2 Å². The number of nitrogen functional groups attached to an aromatic ring is 1. The molecular formula is C25H25F2N5O3. The molecule has 0 atom stereocenters. The van der Waals surface area contributed by atoms with E-state index in [0.717, 1.165) is 12.1 Å². The van der Waals surface area contributed by atoms with Crippen LogP contribution in [0, 0.1) is 11.6 Å². The first-order valence-electron chi connectivity index (χ1n) is 11.1. The monoisotopic (exact) mass is 481 g/mol. The second-order valence-electron chi connectivity index (χ2n) is 8.23. The van der Waals surface area contributed by atoms with Crippen LogP contribution < -0.4 is 15.8 Å². The third-order valence-corrected chi connectivity index (χ3v) is 5.95. The molecule has 2 heterocycles. The van der Waals surface area contributed by atoms with E-state index < -0.39 is 11.6 Å². The number of methoxy groups -OCH3 is 1. The third kappa shape index (κ3) is 5.53. The maximum atomic E-state index is 13.9. The topological polar surface area (TPSA) is 110 Å². The molecule has 0 radical (unpaired) electrons. The second kappa shape index (κ2) is 10.5. The summed E-state index contributed by atoms with van der Waals surface area (Å²) in [6.45, 7) is 0.943. The Hall–Kier alpha value is -4.08. The zero-order valence-electron chi connectivity index (χ0n) is 19.1. The molecule has 35 heavy (non-hydrogen) atoms. The molecule has 0 saturated carbocycles. The van der Waals surface area contributed by atoms with Gasteiger partial charge < -0.3 is 20.7 Å². The predicted octanol–water partition coefficient (Wildman–Crippen LogP) is 3.22. The minimum atomic E-state index is -0.725. The van der Waals surface area contributed by atoms with Crippen LogP contribution in [0.5, 0.6) is 5.75 Å². The molecule has 10 heteroatoms. The minimum absolute atomic E-state index is 0.00299. The maximum absolute atomic E-state index is 13.9. The van der Waals surface area contributed by atoms with Crippen LogP contribution in [0.2, 0.25) is 0 Å². The molecular weight excluding hydrogens is 456 g/mol. The van der Waals surface area contributed by atoms with Crippen molar-refractivity contribution in [3.8, 4) is 5.75 Å². The fraction of sp³-hybridized carbons (Fsp3) is 0.280. The van der Waals surface area contributed by atoms with Gasteiger partial charge in [0.15, 0.2) is 0 Å². The number of para-hydroxylation sites is 1. The number of aromatic nitrogens is 2. The van der Waals surface area contributed by atoms with E-state index in [9.17, 15) is 18.4 Å². The summed E-state index contributed by atoms with van der Waals surface area (Å²) in [5, 5.41) is 3.20. The van der Waals surface area contributed by atoms with Gasteiger partial charge in [0, 0.05) is 31.4 Å². The Labute approximate surface area is 201 Å². The summed E-state index contributed by atoms with van der Waals surface area (Å²) >= 11 is 0. The number of amides is 1. The molecule has 1 aliphatic heterocycles. The van der Waals surface area contributed by atoms with E-state index in [1.807, 2.05) is 0 Å². The smallest absolute Gasteiger partial charge is 0.227 e. The van der Waals surface area contributed by atoms with Crippen molar-refractivity contribution >= 4 is 23.5 Å². The van der Waals surface area contributed by atoms with Crippen molar-refractivity contribution in [3.63, 3.8) is 0 Å². The van der Waals surface area contributed by atoms with Crippen molar-refractivity contribution in [2.45, 2.75) is 25.3 Å². The molecule has 2 aromatic carbocycles. The number of carbonyl (C=O) groups is 2. The van der Waals surface area contributed by atoms with E-state index in [0.29, 0.717) is 37.2 Å². The molecule has 1 saturated heterocycles. The summed E-state index contributed by atoms with van der Waals surface area (Å²) in [4.78, 5) is 35.6. The number of nitrogens with zero attached hydrogens (tertiary/aromatic N) is 3. The number of anilines is 2. The number of hydrogen-bond donors (Lipinski definition) is 2. The molecule has 0 unspecified atom stereocenters. The average Bonchev–Trinajstić information content (AvgIpc) is 2.86. The molecule has 3 N–H and O–H groups in total. The Kier molecular flexibility index (Phi) is 7.19. The summed E-state index contributed by atoms with van der Waals surface area (Å²) in [6.07, 6.45) is 2.52. The summed E-state index contributed by atoms with van der Waals surface area (Å²) in [5.74, 6) is -1.18. The lowest BCUT2D eigenvalue weighted by Crippen LogP contribution is -2.43. The minimum Gasteiger partial charge on any atom is -0.496 e. The number of carbonyl (C=O) groups excluding carboxylic acids is 2. The Morgan fingerprint density at radius 2 is 1.89 bits per heavy atom. The molecule has 8 nitrogen and oxygen atoms in total. The van der Waals surface area contributed by atoms with Crippen LogP contribution in [0.25, 0.3) is 0 Å². The van der Waals surface area contributed by atoms with Crippen LogP contribution in [-0.4, -0.2) is 52.8 Å². The number of halogens is 2. The van der Waals surface area contributed by atoms with Crippen LogP contribution in [0.4, 0.5) is 20.5 Å². The van der Waals surface area contributed by atoms with Gasteiger partial charge in [-0.05, 0) is 36.6 Å². The third-order valence-electron chi connectivity index (χ3n) is 5.95.